The zero-order valence-corrected chi connectivity index (χ0v) is 8.50. The lowest BCUT2D eigenvalue weighted by Crippen LogP contribution is -2.52. The first-order chi connectivity index (χ1) is 6.17. The Hall–Kier alpha value is -0.120. The van der Waals surface area contributed by atoms with E-state index < -0.39 is 5.91 Å². The minimum Gasteiger partial charge on any atom is -0.353 e. The van der Waals surface area contributed by atoms with Crippen molar-refractivity contribution in [1.82, 2.24) is 4.90 Å². The predicted molar refractivity (Wildman–Crippen MR) is 52.1 cm³/mol. The van der Waals surface area contributed by atoms with Gasteiger partial charge < -0.3 is 10.2 Å². The molecule has 3 heteroatoms. The fourth-order valence-electron chi connectivity index (χ4n) is 1.85. The molecular formula is C10H21NO2. The van der Waals surface area contributed by atoms with Crippen LogP contribution in [0.5, 0.6) is 0 Å². The molecule has 0 radical (unpaired) electrons. The van der Waals surface area contributed by atoms with Crippen LogP contribution in [-0.4, -0.2) is 34.1 Å². The number of hydrogen-bond acceptors (Lipinski definition) is 3. The van der Waals surface area contributed by atoms with Gasteiger partial charge in [0.25, 0.3) is 0 Å². The van der Waals surface area contributed by atoms with Gasteiger partial charge in [0.05, 0.1) is 0 Å². The van der Waals surface area contributed by atoms with E-state index in [0.717, 1.165) is 32.4 Å². The Balaban J connectivity index is 2.29. The quantitative estimate of drug-likeness (QED) is 0.515. The van der Waals surface area contributed by atoms with Crippen molar-refractivity contribution in [2.24, 2.45) is 0 Å². The molecular weight excluding hydrogens is 166 g/mol. The van der Waals surface area contributed by atoms with E-state index in [1.807, 2.05) is 0 Å². The normalized spacial score (nSPS) is 23.3. The van der Waals surface area contributed by atoms with Gasteiger partial charge in [0.15, 0.2) is 0 Å². The van der Waals surface area contributed by atoms with E-state index in [-0.39, 0.29) is 0 Å². The van der Waals surface area contributed by atoms with Crippen LogP contribution in [0.3, 0.4) is 0 Å². The fourth-order valence-corrected chi connectivity index (χ4v) is 1.85. The summed E-state index contributed by atoms with van der Waals surface area (Å²) in [5, 5.41) is 19.2. The molecule has 0 spiro atoms. The average molecular weight is 187 g/mol. The predicted octanol–water partition coefficient (Wildman–Crippen LogP) is 1.30. The van der Waals surface area contributed by atoms with Crippen LogP contribution in [0.4, 0.5) is 0 Å². The largest absolute Gasteiger partial charge is 0.353 e. The zero-order chi connectivity index (χ0) is 9.73. The van der Waals surface area contributed by atoms with Gasteiger partial charge in [-0.3, -0.25) is 4.90 Å². The molecule has 0 aromatic rings. The van der Waals surface area contributed by atoms with Crippen LogP contribution in [0.1, 0.15) is 45.4 Å². The second kappa shape index (κ2) is 4.94. The van der Waals surface area contributed by atoms with Gasteiger partial charge in [0.1, 0.15) is 0 Å². The summed E-state index contributed by atoms with van der Waals surface area (Å²) >= 11 is 0. The van der Waals surface area contributed by atoms with E-state index in [0.29, 0.717) is 6.42 Å². The Labute approximate surface area is 80.4 Å². The van der Waals surface area contributed by atoms with Crippen molar-refractivity contribution in [2.45, 2.75) is 51.4 Å². The molecule has 0 amide bonds. The Morgan fingerprint density at radius 3 is 2.62 bits per heavy atom. The molecule has 1 fully saturated rings. The molecule has 0 aromatic carbocycles. The Kier molecular flexibility index (Phi) is 4.16. The molecule has 78 valence electrons. The highest BCUT2D eigenvalue weighted by atomic mass is 16.5. The molecule has 1 saturated heterocycles. The number of nitrogens with zero attached hydrogens (tertiary/aromatic N) is 1. The number of likely N-dealkylation sites (tertiary alicyclic amines) is 1. The van der Waals surface area contributed by atoms with E-state index in [4.69, 9.17) is 0 Å². The third-order valence-electron chi connectivity index (χ3n) is 2.73. The minimum atomic E-state index is -1.52. The number of piperidine rings is 1. The molecule has 1 aliphatic heterocycles. The summed E-state index contributed by atoms with van der Waals surface area (Å²) in [6.45, 7) is 3.80. The van der Waals surface area contributed by atoms with Crippen molar-refractivity contribution in [3.8, 4) is 0 Å². The molecule has 1 aliphatic rings. The van der Waals surface area contributed by atoms with Gasteiger partial charge in [-0.25, -0.2) is 0 Å². The maximum Gasteiger partial charge on any atom is 0.224 e. The molecule has 0 saturated carbocycles. The molecule has 3 nitrogen and oxygen atoms in total. The van der Waals surface area contributed by atoms with Crippen LogP contribution >= 0.6 is 0 Å². The van der Waals surface area contributed by atoms with Gasteiger partial charge in [-0.2, -0.15) is 0 Å². The molecule has 0 aromatic heterocycles. The third-order valence-corrected chi connectivity index (χ3v) is 2.73. The molecule has 0 aliphatic carbocycles. The number of unbranched alkanes of at least 4 members (excludes halogenated alkanes) is 2. The lowest BCUT2D eigenvalue weighted by molar-refractivity contribution is -0.278. The Morgan fingerprint density at radius 2 is 2.00 bits per heavy atom. The van der Waals surface area contributed by atoms with E-state index in [9.17, 15) is 10.2 Å². The highest BCUT2D eigenvalue weighted by molar-refractivity contribution is 4.73. The summed E-state index contributed by atoms with van der Waals surface area (Å²) in [5.41, 5.74) is 0. The Bertz CT molecular complexity index is 148. The van der Waals surface area contributed by atoms with Gasteiger partial charge in [0, 0.05) is 19.5 Å². The topological polar surface area (TPSA) is 43.7 Å². The van der Waals surface area contributed by atoms with Crippen molar-refractivity contribution in [3.05, 3.63) is 0 Å². The molecule has 13 heavy (non-hydrogen) atoms. The van der Waals surface area contributed by atoms with Crippen LogP contribution in [0.15, 0.2) is 0 Å². The monoisotopic (exact) mass is 187 g/mol. The van der Waals surface area contributed by atoms with Crippen LogP contribution < -0.4 is 0 Å². The van der Waals surface area contributed by atoms with Crippen LogP contribution in [0, 0.1) is 0 Å². The minimum absolute atomic E-state index is 0.499. The van der Waals surface area contributed by atoms with Crippen molar-refractivity contribution >= 4 is 0 Å². The molecule has 2 N–H and O–H groups in total. The summed E-state index contributed by atoms with van der Waals surface area (Å²) in [4.78, 5) is 1.80. The molecule has 0 bridgehead atoms. The van der Waals surface area contributed by atoms with Gasteiger partial charge in [0.2, 0.25) is 5.91 Å². The van der Waals surface area contributed by atoms with Gasteiger partial charge >= 0.3 is 0 Å². The van der Waals surface area contributed by atoms with Gasteiger partial charge in [-0.05, 0) is 19.3 Å². The van der Waals surface area contributed by atoms with E-state index in [2.05, 4.69) is 6.92 Å². The van der Waals surface area contributed by atoms with Crippen LogP contribution in [0.25, 0.3) is 0 Å². The maximum atomic E-state index is 9.62. The summed E-state index contributed by atoms with van der Waals surface area (Å²) in [7, 11) is 0. The van der Waals surface area contributed by atoms with Crippen molar-refractivity contribution in [1.29, 1.82) is 0 Å². The summed E-state index contributed by atoms with van der Waals surface area (Å²) in [6.07, 6.45) is 5.94. The van der Waals surface area contributed by atoms with Crippen molar-refractivity contribution in [3.63, 3.8) is 0 Å². The lowest BCUT2D eigenvalue weighted by atomic mass is 10.1. The van der Waals surface area contributed by atoms with Gasteiger partial charge in [-0.15, -0.1) is 0 Å². The van der Waals surface area contributed by atoms with Gasteiger partial charge in [-0.1, -0.05) is 19.8 Å². The molecule has 1 heterocycles. The Morgan fingerprint density at radius 1 is 1.23 bits per heavy atom. The molecule has 1 rings (SSSR count). The fraction of sp³-hybridized carbons (Fsp3) is 1.00. The SMILES string of the molecule is CCCCCN1CCCCC1(O)O. The average Bonchev–Trinajstić information content (AvgIpc) is 2.08. The van der Waals surface area contributed by atoms with Crippen LogP contribution in [-0.2, 0) is 0 Å². The zero-order valence-electron chi connectivity index (χ0n) is 8.50. The van der Waals surface area contributed by atoms with Crippen molar-refractivity contribution < 1.29 is 10.2 Å². The van der Waals surface area contributed by atoms with E-state index >= 15 is 0 Å². The first-order valence-corrected chi connectivity index (χ1v) is 5.36. The number of rotatable bonds is 4. The highest BCUT2D eigenvalue weighted by Gasteiger charge is 2.33. The summed E-state index contributed by atoms with van der Waals surface area (Å²) in [5.74, 6) is -1.52. The third kappa shape index (κ3) is 3.25. The maximum absolute atomic E-state index is 9.62. The standard InChI is InChI=1S/C10H21NO2/c1-2-3-5-8-11-9-6-4-7-10(11,12)13/h12-13H,2-9H2,1H3. The first kappa shape index (κ1) is 11.0. The highest BCUT2D eigenvalue weighted by Crippen LogP contribution is 2.23. The smallest absolute Gasteiger partial charge is 0.224 e. The second-order valence-electron chi connectivity index (χ2n) is 3.93. The summed E-state index contributed by atoms with van der Waals surface area (Å²) in [6, 6.07) is 0. The second-order valence-corrected chi connectivity index (χ2v) is 3.93. The van der Waals surface area contributed by atoms with Crippen molar-refractivity contribution in [2.75, 3.05) is 13.1 Å². The molecule has 0 atom stereocenters. The number of hydrogen-bond donors (Lipinski definition) is 2. The van der Waals surface area contributed by atoms with Crippen LogP contribution in [0.2, 0.25) is 0 Å². The van der Waals surface area contributed by atoms with E-state index in [1.165, 1.54) is 12.8 Å². The van der Waals surface area contributed by atoms with E-state index in [1.54, 1.807) is 4.90 Å². The molecule has 0 unspecified atom stereocenters. The first-order valence-electron chi connectivity index (χ1n) is 5.36. The number of aliphatic hydroxyl groups is 2. The lowest BCUT2D eigenvalue weighted by Gasteiger charge is -2.38. The summed E-state index contributed by atoms with van der Waals surface area (Å²) < 4.78 is 0.